The number of carbonyl (C=O) groups is 1. The van der Waals surface area contributed by atoms with Crippen LogP contribution >= 0.6 is 0 Å². The fourth-order valence-corrected chi connectivity index (χ4v) is 4.62. The summed E-state index contributed by atoms with van der Waals surface area (Å²) < 4.78 is 7.67. The number of para-hydroxylation sites is 1. The molecule has 1 aliphatic heterocycles. The molecule has 3 aromatic heterocycles. The van der Waals surface area contributed by atoms with Crippen molar-refractivity contribution in [2.24, 2.45) is 5.92 Å². The number of anilines is 2. The Bertz CT molecular complexity index is 1530. The Morgan fingerprint density at radius 1 is 0.892 bits per heavy atom. The average Bonchev–Trinajstić information content (AvgIpc) is 3.35. The van der Waals surface area contributed by atoms with Crippen LogP contribution in [-0.2, 0) is 4.79 Å². The molecule has 0 spiro atoms. The topological polar surface area (TPSA) is 112 Å². The lowest BCUT2D eigenvalue weighted by Gasteiger charge is -2.30. The van der Waals surface area contributed by atoms with Gasteiger partial charge in [0.2, 0.25) is 0 Å². The molecule has 1 saturated heterocycles. The smallest absolute Gasteiger partial charge is 0.169 e. The van der Waals surface area contributed by atoms with Crippen molar-refractivity contribution >= 4 is 29.0 Å². The lowest BCUT2D eigenvalue weighted by atomic mass is 9.99. The van der Waals surface area contributed by atoms with E-state index in [1.807, 2.05) is 66.7 Å². The van der Waals surface area contributed by atoms with Gasteiger partial charge in [-0.1, -0.05) is 18.2 Å². The minimum atomic E-state index is 0.147. The molecule has 0 unspecified atom stereocenters. The molecule has 184 valence electrons. The number of piperidine rings is 1. The van der Waals surface area contributed by atoms with Gasteiger partial charge in [-0.25, -0.2) is 19.6 Å². The van der Waals surface area contributed by atoms with E-state index in [1.54, 1.807) is 10.9 Å². The van der Waals surface area contributed by atoms with Crippen LogP contribution in [-0.4, -0.2) is 44.1 Å². The van der Waals surface area contributed by atoms with Crippen molar-refractivity contribution in [2.45, 2.75) is 12.8 Å². The van der Waals surface area contributed by atoms with Crippen LogP contribution in [0.5, 0.6) is 11.5 Å². The molecule has 2 N–H and O–H groups in total. The third-order valence-electron chi connectivity index (χ3n) is 6.63. The first-order chi connectivity index (χ1) is 18.2. The maximum Gasteiger partial charge on any atom is 0.169 e. The minimum absolute atomic E-state index is 0.147. The Morgan fingerprint density at radius 2 is 1.65 bits per heavy atom. The third kappa shape index (κ3) is 4.47. The molecule has 9 heteroatoms. The Morgan fingerprint density at radius 3 is 2.35 bits per heavy atom. The van der Waals surface area contributed by atoms with Gasteiger partial charge in [0, 0.05) is 24.6 Å². The molecule has 0 bridgehead atoms. The molecular formula is C28H25N7O2. The molecule has 0 saturated carbocycles. The zero-order valence-corrected chi connectivity index (χ0v) is 20.1. The van der Waals surface area contributed by atoms with Gasteiger partial charge in [-0.2, -0.15) is 5.10 Å². The zero-order chi connectivity index (χ0) is 25.2. The number of pyridine rings is 1. The number of nitrogens with zero attached hydrogens (tertiary/aromatic N) is 6. The number of nitrogens with two attached hydrogens (primary N) is 1. The van der Waals surface area contributed by atoms with Gasteiger partial charge in [-0.3, -0.25) is 0 Å². The van der Waals surface area contributed by atoms with Crippen LogP contribution in [0.4, 0.5) is 11.6 Å². The van der Waals surface area contributed by atoms with E-state index in [9.17, 15) is 4.79 Å². The maximum atomic E-state index is 11.1. The molecular weight excluding hydrogens is 466 g/mol. The van der Waals surface area contributed by atoms with Crippen LogP contribution in [0.25, 0.3) is 28.0 Å². The van der Waals surface area contributed by atoms with Gasteiger partial charge in [0.15, 0.2) is 5.65 Å². The van der Waals surface area contributed by atoms with Gasteiger partial charge in [-0.15, -0.1) is 0 Å². The van der Waals surface area contributed by atoms with Gasteiger partial charge in [-0.05, 0) is 61.4 Å². The summed E-state index contributed by atoms with van der Waals surface area (Å²) in [5.74, 6) is 2.88. The van der Waals surface area contributed by atoms with Crippen LogP contribution < -0.4 is 15.4 Å². The van der Waals surface area contributed by atoms with Crippen LogP contribution in [0.15, 0.2) is 79.3 Å². The van der Waals surface area contributed by atoms with Crippen molar-refractivity contribution in [1.82, 2.24) is 24.7 Å². The number of hydrogen-bond donors (Lipinski definition) is 1. The summed E-state index contributed by atoms with van der Waals surface area (Å²) in [4.78, 5) is 26.6. The van der Waals surface area contributed by atoms with Crippen molar-refractivity contribution in [3.05, 3.63) is 79.3 Å². The second kappa shape index (κ2) is 9.69. The molecule has 0 radical (unpaired) electrons. The number of fused-ring (bicyclic) bond motifs is 1. The Balaban J connectivity index is 1.31. The molecule has 37 heavy (non-hydrogen) atoms. The fourth-order valence-electron chi connectivity index (χ4n) is 4.62. The van der Waals surface area contributed by atoms with E-state index in [4.69, 9.17) is 15.6 Å². The monoisotopic (exact) mass is 491 g/mol. The van der Waals surface area contributed by atoms with Crippen molar-refractivity contribution < 1.29 is 9.53 Å². The number of hydrogen-bond acceptors (Lipinski definition) is 8. The second-order valence-corrected chi connectivity index (χ2v) is 8.99. The van der Waals surface area contributed by atoms with E-state index in [0.29, 0.717) is 22.5 Å². The first-order valence-corrected chi connectivity index (χ1v) is 12.2. The normalized spacial score (nSPS) is 14.1. The third-order valence-corrected chi connectivity index (χ3v) is 6.63. The van der Waals surface area contributed by atoms with Gasteiger partial charge >= 0.3 is 0 Å². The quantitative estimate of drug-likeness (QED) is 0.341. The number of carbonyl (C=O) groups excluding carboxylic acids is 1. The van der Waals surface area contributed by atoms with Gasteiger partial charge in [0.05, 0.1) is 17.3 Å². The van der Waals surface area contributed by atoms with E-state index >= 15 is 0 Å². The van der Waals surface area contributed by atoms with Crippen LogP contribution in [0.2, 0.25) is 0 Å². The Hall–Kier alpha value is -4.79. The maximum absolute atomic E-state index is 11.1. The summed E-state index contributed by atoms with van der Waals surface area (Å²) in [6.45, 7) is 1.64. The van der Waals surface area contributed by atoms with E-state index in [1.165, 1.54) is 6.33 Å². The van der Waals surface area contributed by atoms with E-state index in [0.717, 1.165) is 60.8 Å². The van der Waals surface area contributed by atoms with Crippen LogP contribution in [0, 0.1) is 5.92 Å². The SMILES string of the molecule is Nc1ncnc2c1c(-c1ccc(Oc3ccccc3)cc1)nn2-c1ccc(N2CCC(C=O)CC2)nc1. The highest BCUT2D eigenvalue weighted by molar-refractivity contribution is 5.98. The number of ether oxygens (including phenoxy) is 1. The Kier molecular flexibility index (Phi) is 5.94. The standard InChI is InChI=1S/C28H25N7O2/c29-27-25-26(20-6-9-23(10-7-20)37-22-4-2-1-3-5-22)33-35(28(25)32-18-31-27)21-8-11-24(30-16-21)34-14-12-19(17-36)13-15-34/h1-11,16-19H,12-15H2,(H2,29,31,32). The second-order valence-electron chi connectivity index (χ2n) is 8.99. The number of rotatable bonds is 6. The summed E-state index contributed by atoms with van der Waals surface area (Å²) in [6.07, 6.45) is 5.99. The van der Waals surface area contributed by atoms with Crippen molar-refractivity contribution in [3.63, 3.8) is 0 Å². The largest absolute Gasteiger partial charge is 0.457 e. The predicted molar refractivity (Wildman–Crippen MR) is 142 cm³/mol. The van der Waals surface area contributed by atoms with Crippen molar-refractivity contribution in [2.75, 3.05) is 23.7 Å². The molecule has 0 amide bonds. The lowest BCUT2D eigenvalue weighted by Crippen LogP contribution is -2.34. The summed E-state index contributed by atoms with van der Waals surface area (Å²) in [6, 6.07) is 21.3. The first kappa shape index (κ1) is 22.7. The predicted octanol–water partition coefficient (Wildman–Crippen LogP) is 4.67. The first-order valence-electron chi connectivity index (χ1n) is 12.2. The molecule has 2 aromatic carbocycles. The van der Waals surface area contributed by atoms with Crippen LogP contribution in [0.1, 0.15) is 12.8 Å². The van der Waals surface area contributed by atoms with E-state index in [2.05, 4.69) is 19.9 Å². The summed E-state index contributed by atoms with van der Waals surface area (Å²) in [5, 5.41) is 5.55. The fraction of sp³-hybridized carbons (Fsp3) is 0.179. The molecule has 5 aromatic rings. The molecule has 1 fully saturated rings. The number of nitrogen functional groups attached to an aromatic ring is 1. The summed E-state index contributed by atoms with van der Waals surface area (Å²) in [7, 11) is 0. The highest BCUT2D eigenvalue weighted by Gasteiger charge is 2.21. The molecule has 0 atom stereocenters. The number of aromatic nitrogens is 5. The minimum Gasteiger partial charge on any atom is -0.457 e. The van der Waals surface area contributed by atoms with Gasteiger partial charge in [0.1, 0.15) is 41.4 Å². The zero-order valence-electron chi connectivity index (χ0n) is 20.1. The molecule has 6 rings (SSSR count). The Labute approximate surface area is 213 Å². The van der Waals surface area contributed by atoms with Gasteiger partial charge < -0.3 is 20.2 Å². The van der Waals surface area contributed by atoms with Crippen molar-refractivity contribution in [3.8, 4) is 28.4 Å². The van der Waals surface area contributed by atoms with Crippen molar-refractivity contribution in [1.29, 1.82) is 0 Å². The molecule has 1 aliphatic rings. The highest BCUT2D eigenvalue weighted by atomic mass is 16.5. The summed E-state index contributed by atoms with van der Waals surface area (Å²) >= 11 is 0. The number of benzene rings is 2. The molecule has 0 aliphatic carbocycles. The lowest BCUT2D eigenvalue weighted by molar-refractivity contribution is -0.111. The molecule has 4 heterocycles. The van der Waals surface area contributed by atoms with E-state index < -0.39 is 0 Å². The average molecular weight is 492 g/mol. The number of aldehydes is 1. The highest BCUT2D eigenvalue weighted by Crippen LogP contribution is 2.33. The van der Waals surface area contributed by atoms with E-state index in [-0.39, 0.29) is 5.92 Å². The molecule has 9 nitrogen and oxygen atoms in total. The van der Waals surface area contributed by atoms with Crippen LogP contribution in [0.3, 0.4) is 0 Å². The van der Waals surface area contributed by atoms with Gasteiger partial charge in [0.25, 0.3) is 0 Å². The summed E-state index contributed by atoms with van der Waals surface area (Å²) in [5.41, 5.74) is 9.21.